The van der Waals surface area contributed by atoms with Crippen molar-refractivity contribution in [2.45, 2.75) is 45.3 Å². The highest BCUT2D eigenvalue weighted by Crippen LogP contribution is 2.39. The smallest absolute Gasteiger partial charge is 0.330 e. The fraction of sp³-hybridized carbons (Fsp3) is 0.143. The zero-order valence-electron chi connectivity index (χ0n) is 37.4. The van der Waals surface area contributed by atoms with E-state index >= 15 is 0 Å². The van der Waals surface area contributed by atoms with Crippen molar-refractivity contribution in [3.8, 4) is 50.3 Å². The van der Waals surface area contributed by atoms with Gasteiger partial charge in [-0.15, -0.1) is 0 Å². The summed E-state index contributed by atoms with van der Waals surface area (Å²) >= 11 is 0. The summed E-state index contributed by atoms with van der Waals surface area (Å²) in [6.07, 6.45) is 4.59. The molecule has 4 aromatic heterocycles. The molecule has 1 saturated heterocycles. The monoisotopic (exact) mass is 898 g/mol. The van der Waals surface area contributed by atoms with Crippen LogP contribution in [-0.4, -0.2) is 64.6 Å². The van der Waals surface area contributed by atoms with Crippen molar-refractivity contribution in [1.82, 2.24) is 29.5 Å². The summed E-state index contributed by atoms with van der Waals surface area (Å²) in [6.45, 7) is 6.14. The molecule has 7 heterocycles. The Bertz CT molecular complexity index is 3560. The molecule has 0 saturated carbocycles. The highest BCUT2D eigenvalue weighted by molar-refractivity contribution is 5.99. The molecule has 8 bridgehead atoms. The summed E-state index contributed by atoms with van der Waals surface area (Å²) in [6, 6.07) is 42.8. The number of benzene rings is 4. The molecule has 0 aliphatic carbocycles. The zero-order valence-corrected chi connectivity index (χ0v) is 37.4. The summed E-state index contributed by atoms with van der Waals surface area (Å²) in [5.41, 5.74) is 16.6. The lowest BCUT2D eigenvalue weighted by Crippen LogP contribution is -2.37. The number of rotatable bonds is 8. The van der Waals surface area contributed by atoms with Crippen LogP contribution in [0.3, 0.4) is 0 Å². The average Bonchev–Trinajstić information content (AvgIpc) is 4.21. The maximum atomic E-state index is 12.5. The lowest BCUT2D eigenvalue weighted by molar-refractivity contribution is -0.0516. The number of nitrogens with zero attached hydrogens (tertiary/aromatic N) is 3. The molecule has 5 N–H and O–H groups in total. The first-order chi connectivity index (χ1) is 33.0. The summed E-state index contributed by atoms with van der Waals surface area (Å²) in [5.74, 6) is 0.494. The Morgan fingerprint density at radius 2 is 0.897 bits per heavy atom. The highest BCUT2D eigenvalue weighted by atomic mass is 16.6. The van der Waals surface area contributed by atoms with Gasteiger partial charge in [-0.05, 0) is 104 Å². The topological polar surface area (TPSA) is 171 Å². The van der Waals surface area contributed by atoms with Gasteiger partial charge in [0.2, 0.25) is 0 Å². The minimum absolute atomic E-state index is 0.117. The number of hydrogen-bond donors (Lipinski definition) is 5. The summed E-state index contributed by atoms with van der Waals surface area (Å²) in [4.78, 5) is 44.7. The molecule has 0 amide bonds. The highest BCUT2D eigenvalue weighted by Gasteiger charge is 2.44. The van der Waals surface area contributed by atoms with Crippen molar-refractivity contribution in [3.05, 3.63) is 194 Å². The van der Waals surface area contributed by atoms with Crippen LogP contribution < -0.4 is 16.0 Å². The Morgan fingerprint density at radius 3 is 1.28 bits per heavy atom. The lowest BCUT2D eigenvalue weighted by atomic mass is 10.0. The predicted molar refractivity (Wildman–Crippen MR) is 268 cm³/mol. The van der Waals surface area contributed by atoms with Gasteiger partial charge < -0.3 is 29.7 Å². The third kappa shape index (κ3) is 7.90. The van der Waals surface area contributed by atoms with E-state index in [1.165, 1.54) is 11.8 Å². The second-order valence-corrected chi connectivity index (χ2v) is 17.5. The zero-order chi connectivity index (χ0) is 46.6. The molecule has 0 unspecified atom stereocenters. The van der Waals surface area contributed by atoms with Gasteiger partial charge in [-0.25, -0.2) is 14.8 Å². The summed E-state index contributed by atoms with van der Waals surface area (Å²) in [5, 5.41) is 21.7. The number of aryl methyl sites for hydroxylation is 3. The Kier molecular flexibility index (Phi) is 10.8. The number of aliphatic hydroxyl groups is 2. The van der Waals surface area contributed by atoms with E-state index in [-0.39, 0.29) is 6.61 Å². The second kappa shape index (κ2) is 17.2. The van der Waals surface area contributed by atoms with Crippen LogP contribution in [0.25, 0.3) is 90.9 Å². The SMILES string of the molecule is Cc1ccc(-c2c3nc(c(-c4ccc(C)cc4)c4ccc([nH]4)c(-c4ccc(OC[C@H]5O[C@@H](n6ccc(=O)[nH]c6=O)[C@H](O)[C@@H]5O)cc4)c4nc(c(-c5ccc(C)cc5)c5ccc2[nH]5)C=C4)C=C3)cc1. The minimum Gasteiger partial charge on any atom is -0.491 e. The molecule has 336 valence electrons. The number of H-pyrrole nitrogens is 3. The molecule has 0 radical (unpaired) electrons. The van der Waals surface area contributed by atoms with Gasteiger partial charge in [-0.2, -0.15) is 0 Å². The Labute approximate surface area is 390 Å². The number of nitrogens with one attached hydrogen (secondary N) is 3. The van der Waals surface area contributed by atoms with E-state index in [4.69, 9.17) is 19.4 Å². The van der Waals surface area contributed by atoms with Crippen molar-refractivity contribution < 1.29 is 19.7 Å². The molecule has 0 spiro atoms. The fourth-order valence-corrected chi connectivity index (χ4v) is 9.20. The van der Waals surface area contributed by atoms with Crippen LogP contribution in [0.2, 0.25) is 0 Å². The Morgan fingerprint density at radius 1 is 0.515 bits per heavy atom. The molecule has 12 heteroatoms. The number of aromatic amines is 3. The predicted octanol–water partition coefficient (Wildman–Crippen LogP) is 9.80. The molecule has 4 atom stereocenters. The summed E-state index contributed by atoms with van der Waals surface area (Å²) < 4.78 is 13.0. The Balaban J connectivity index is 1.08. The van der Waals surface area contributed by atoms with Crippen molar-refractivity contribution in [2.24, 2.45) is 0 Å². The van der Waals surface area contributed by atoms with Crippen molar-refractivity contribution in [2.75, 3.05) is 6.61 Å². The molecule has 11 rings (SSSR count). The van der Waals surface area contributed by atoms with E-state index in [1.807, 2.05) is 24.3 Å². The number of fused-ring (bicyclic) bond motifs is 8. The van der Waals surface area contributed by atoms with Gasteiger partial charge in [-0.3, -0.25) is 14.3 Å². The van der Waals surface area contributed by atoms with E-state index in [1.54, 1.807) is 0 Å². The van der Waals surface area contributed by atoms with E-state index in [0.29, 0.717) is 5.75 Å². The van der Waals surface area contributed by atoms with E-state index < -0.39 is 35.8 Å². The van der Waals surface area contributed by atoms with Crippen molar-refractivity contribution in [1.29, 1.82) is 0 Å². The van der Waals surface area contributed by atoms with E-state index in [9.17, 15) is 19.8 Å². The standard InChI is InChI=1S/C56H46N6O6/c1-31-4-10-34(11-5-31)49-39-20-22-41(57-39)50(35-12-6-32(2)7-13-35)43-24-26-45(59-43)52(46-27-25-44(60-46)51(42-23-21-40(49)58-42)36-14-8-33(3)9-15-36)37-16-18-38(19-17-37)67-30-47-53(64)54(65)55(68-47)62-29-28-48(63)61-56(62)66/h4-29,47,53-55,57,60,64-65H,30H2,1-3H3,(H,61,63,66)/t47-,53-,54-,55-/m1/s1. The molecule has 8 aromatic rings. The van der Waals surface area contributed by atoms with Gasteiger partial charge in [0.05, 0.1) is 22.8 Å². The van der Waals surface area contributed by atoms with Crippen LogP contribution in [0, 0.1) is 20.8 Å². The number of hydrogen-bond acceptors (Lipinski definition) is 8. The molecule has 3 aliphatic heterocycles. The number of aromatic nitrogens is 6. The normalized spacial score (nSPS) is 17.5. The van der Waals surface area contributed by atoms with Crippen LogP contribution in [0.1, 0.15) is 45.7 Å². The number of ether oxygens (including phenoxy) is 2. The van der Waals surface area contributed by atoms with Crippen molar-refractivity contribution >= 4 is 46.4 Å². The van der Waals surface area contributed by atoms with Gasteiger partial charge in [0.1, 0.15) is 30.7 Å². The second-order valence-electron chi connectivity index (χ2n) is 17.5. The maximum absolute atomic E-state index is 12.5. The van der Waals surface area contributed by atoms with E-state index in [0.717, 1.165) is 111 Å². The minimum atomic E-state index is -1.43. The first-order valence-corrected chi connectivity index (χ1v) is 22.5. The molecule has 1 fully saturated rings. The van der Waals surface area contributed by atoms with Gasteiger partial charge in [0.15, 0.2) is 6.23 Å². The van der Waals surface area contributed by atoms with Crippen LogP contribution in [0.15, 0.2) is 143 Å². The van der Waals surface area contributed by atoms with Gasteiger partial charge in [-0.1, -0.05) is 102 Å². The van der Waals surface area contributed by atoms with Crippen molar-refractivity contribution in [3.63, 3.8) is 0 Å². The average molecular weight is 899 g/mol. The van der Waals surface area contributed by atoms with Gasteiger partial charge in [0.25, 0.3) is 5.56 Å². The van der Waals surface area contributed by atoms with Crippen LogP contribution in [-0.2, 0) is 4.74 Å². The molecule has 3 aliphatic rings. The van der Waals surface area contributed by atoms with Gasteiger partial charge >= 0.3 is 5.69 Å². The van der Waals surface area contributed by atoms with Gasteiger partial charge in [0, 0.05) is 56.6 Å². The maximum Gasteiger partial charge on any atom is 0.330 e. The third-order valence-corrected chi connectivity index (χ3v) is 12.8. The van der Waals surface area contributed by atoms with Crippen LogP contribution in [0.4, 0.5) is 0 Å². The quantitative estimate of drug-likeness (QED) is 0.100. The molecular weight excluding hydrogens is 853 g/mol. The fourth-order valence-electron chi connectivity index (χ4n) is 9.20. The first kappa shape index (κ1) is 42.5. The summed E-state index contributed by atoms with van der Waals surface area (Å²) in [7, 11) is 0. The molecule has 12 nitrogen and oxygen atoms in total. The molecule has 68 heavy (non-hydrogen) atoms. The van der Waals surface area contributed by atoms with Crippen LogP contribution in [0.5, 0.6) is 5.75 Å². The third-order valence-electron chi connectivity index (χ3n) is 12.8. The van der Waals surface area contributed by atoms with E-state index in [2.05, 4.69) is 157 Å². The largest absolute Gasteiger partial charge is 0.491 e. The number of aliphatic hydroxyl groups excluding tert-OH is 2. The molecular formula is C56H46N6O6. The molecule has 4 aromatic carbocycles. The first-order valence-electron chi connectivity index (χ1n) is 22.5. The van der Waals surface area contributed by atoms with Crippen LogP contribution >= 0.6 is 0 Å². The Hall–Kier alpha value is -8.16. The lowest BCUT2D eigenvalue weighted by Gasteiger charge is -2.17.